The lowest BCUT2D eigenvalue weighted by atomic mass is 10.1. The molecule has 0 unspecified atom stereocenters. The molecule has 1 aliphatic rings. The number of nitrogens with zero attached hydrogens (tertiary/aromatic N) is 1. The Kier molecular flexibility index (Phi) is 7.37. The predicted molar refractivity (Wildman–Crippen MR) is 94.2 cm³/mol. The van der Waals surface area contributed by atoms with Gasteiger partial charge in [-0.2, -0.15) is 4.31 Å². The fourth-order valence-corrected chi connectivity index (χ4v) is 3.99. The van der Waals surface area contributed by atoms with Gasteiger partial charge in [-0.15, -0.1) is 0 Å². The summed E-state index contributed by atoms with van der Waals surface area (Å²) in [5, 5.41) is 2.81. The third-order valence-corrected chi connectivity index (χ3v) is 5.91. The van der Waals surface area contributed by atoms with E-state index in [-0.39, 0.29) is 10.8 Å². The van der Waals surface area contributed by atoms with Crippen LogP contribution in [0.15, 0.2) is 23.1 Å². The Morgan fingerprint density at radius 3 is 2.72 bits per heavy atom. The minimum absolute atomic E-state index is 0.138. The summed E-state index contributed by atoms with van der Waals surface area (Å²) in [6.07, 6.45) is 0.713. The molecule has 7 nitrogen and oxygen atoms in total. The summed E-state index contributed by atoms with van der Waals surface area (Å²) in [5.74, 6) is -0.270. The maximum Gasteiger partial charge on any atom is 0.251 e. The zero-order chi connectivity index (χ0) is 18.3. The lowest BCUT2D eigenvalue weighted by Crippen LogP contribution is -2.40. The molecule has 140 valence electrons. The van der Waals surface area contributed by atoms with Crippen LogP contribution in [0.4, 0.5) is 0 Å². The Bertz CT molecular complexity index is 684. The second-order valence-electron chi connectivity index (χ2n) is 5.80. The molecule has 25 heavy (non-hydrogen) atoms. The van der Waals surface area contributed by atoms with E-state index in [4.69, 9.17) is 9.47 Å². The fraction of sp³-hybridized carbons (Fsp3) is 0.588. The molecule has 0 radical (unpaired) electrons. The van der Waals surface area contributed by atoms with E-state index < -0.39 is 10.0 Å². The van der Waals surface area contributed by atoms with E-state index in [2.05, 4.69) is 5.32 Å². The van der Waals surface area contributed by atoms with Crippen molar-refractivity contribution in [3.63, 3.8) is 0 Å². The molecule has 2 rings (SSSR count). The molecule has 1 aromatic rings. The first-order chi connectivity index (χ1) is 12.0. The molecule has 1 amide bonds. The quantitative estimate of drug-likeness (QED) is 0.695. The smallest absolute Gasteiger partial charge is 0.251 e. The fourth-order valence-electron chi connectivity index (χ4n) is 2.56. The monoisotopic (exact) mass is 370 g/mol. The number of rotatable bonds is 8. The predicted octanol–water partition coefficient (Wildman–Crippen LogP) is 1.17. The molecule has 1 saturated heterocycles. The van der Waals surface area contributed by atoms with Gasteiger partial charge in [0.25, 0.3) is 5.91 Å². The summed E-state index contributed by atoms with van der Waals surface area (Å²) >= 11 is 0. The van der Waals surface area contributed by atoms with Gasteiger partial charge in [-0.3, -0.25) is 4.79 Å². The maximum absolute atomic E-state index is 12.7. The standard InChI is InChI=1S/C17H26N2O5S/c1-3-23-10-4-7-18-17(20)16-13-15(6-5-14(16)2)25(21,22)19-8-11-24-12-9-19/h5-6,13H,3-4,7-12H2,1-2H3,(H,18,20). The first-order valence-electron chi connectivity index (χ1n) is 8.51. The van der Waals surface area contributed by atoms with Crippen molar-refractivity contribution in [3.8, 4) is 0 Å². The summed E-state index contributed by atoms with van der Waals surface area (Å²) in [6.45, 7) is 6.86. The zero-order valence-corrected chi connectivity index (χ0v) is 15.6. The van der Waals surface area contributed by atoms with Crippen LogP contribution in [0.5, 0.6) is 0 Å². The SMILES string of the molecule is CCOCCCNC(=O)c1cc(S(=O)(=O)N2CCOCC2)ccc1C. The molecule has 8 heteroatoms. The molecule has 0 aromatic heterocycles. The van der Waals surface area contributed by atoms with E-state index >= 15 is 0 Å². The van der Waals surface area contributed by atoms with E-state index in [1.54, 1.807) is 19.1 Å². The number of hydrogen-bond donors (Lipinski definition) is 1. The van der Waals surface area contributed by atoms with Gasteiger partial charge in [-0.1, -0.05) is 6.07 Å². The number of amides is 1. The van der Waals surface area contributed by atoms with Gasteiger partial charge in [0.05, 0.1) is 18.1 Å². The van der Waals surface area contributed by atoms with Crippen LogP contribution in [0, 0.1) is 6.92 Å². The normalized spacial score (nSPS) is 15.9. The van der Waals surface area contributed by atoms with Crippen molar-refractivity contribution in [2.45, 2.75) is 25.2 Å². The number of morpholine rings is 1. The van der Waals surface area contributed by atoms with E-state index in [9.17, 15) is 13.2 Å². The summed E-state index contributed by atoms with van der Waals surface area (Å²) in [4.78, 5) is 12.5. The van der Waals surface area contributed by atoms with Crippen molar-refractivity contribution in [2.24, 2.45) is 0 Å². The number of carbonyl (C=O) groups is 1. The van der Waals surface area contributed by atoms with Crippen LogP contribution >= 0.6 is 0 Å². The second-order valence-corrected chi connectivity index (χ2v) is 7.74. The van der Waals surface area contributed by atoms with Gasteiger partial charge < -0.3 is 14.8 Å². The average molecular weight is 370 g/mol. The van der Waals surface area contributed by atoms with Crippen molar-refractivity contribution >= 4 is 15.9 Å². The molecule has 1 heterocycles. The van der Waals surface area contributed by atoms with E-state index in [0.717, 1.165) is 5.56 Å². The van der Waals surface area contributed by atoms with Crippen molar-refractivity contribution in [1.29, 1.82) is 0 Å². The van der Waals surface area contributed by atoms with Gasteiger partial charge in [0.15, 0.2) is 0 Å². The van der Waals surface area contributed by atoms with Crippen molar-refractivity contribution in [1.82, 2.24) is 9.62 Å². The lowest BCUT2D eigenvalue weighted by Gasteiger charge is -2.26. The molecule has 0 atom stereocenters. The van der Waals surface area contributed by atoms with Crippen molar-refractivity contribution in [3.05, 3.63) is 29.3 Å². The minimum atomic E-state index is -3.61. The number of ether oxygens (including phenoxy) is 2. The Labute approximate surface area is 149 Å². The number of benzene rings is 1. The Hall–Kier alpha value is -1.48. The molecule has 1 fully saturated rings. The van der Waals surface area contributed by atoms with Crippen LogP contribution in [0.2, 0.25) is 0 Å². The number of hydrogen-bond acceptors (Lipinski definition) is 5. The highest BCUT2D eigenvalue weighted by atomic mass is 32.2. The van der Waals surface area contributed by atoms with Gasteiger partial charge >= 0.3 is 0 Å². The third kappa shape index (κ3) is 5.24. The number of nitrogens with one attached hydrogen (secondary N) is 1. The van der Waals surface area contributed by atoms with Gasteiger partial charge in [-0.25, -0.2) is 8.42 Å². The molecule has 0 saturated carbocycles. The van der Waals surface area contributed by atoms with Gasteiger partial charge in [0.1, 0.15) is 0 Å². The molecule has 0 aliphatic carbocycles. The highest BCUT2D eigenvalue weighted by Crippen LogP contribution is 2.20. The first-order valence-corrected chi connectivity index (χ1v) is 9.95. The number of sulfonamides is 1. The number of carbonyl (C=O) groups excluding carboxylic acids is 1. The highest BCUT2D eigenvalue weighted by molar-refractivity contribution is 7.89. The number of aryl methyl sites for hydroxylation is 1. The zero-order valence-electron chi connectivity index (χ0n) is 14.8. The molecule has 1 aromatic carbocycles. The van der Waals surface area contributed by atoms with Gasteiger partial charge in [0.2, 0.25) is 10.0 Å². The van der Waals surface area contributed by atoms with E-state index in [1.807, 2.05) is 6.92 Å². The van der Waals surface area contributed by atoms with E-state index in [0.29, 0.717) is 58.0 Å². The van der Waals surface area contributed by atoms with Crippen LogP contribution in [0.1, 0.15) is 29.3 Å². The summed E-state index contributed by atoms with van der Waals surface area (Å²) < 4.78 is 37.3. The lowest BCUT2D eigenvalue weighted by molar-refractivity contribution is 0.0730. The summed E-state index contributed by atoms with van der Waals surface area (Å²) in [7, 11) is -3.61. The average Bonchev–Trinajstić information content (AvgIpc) is 2.62. The van der Waals surface area contributed by atoms with Gasteiger partial charge in [0, 0.05) is 38.4 Å². The Morgan fingerprint density at radius 1 is 1.32 bits per heavy atom. The summed E-state index contributed by atoms with van der Waals surface area (Å²) in [5.41, 5.74) is 1.12. The van der Waals surface area contributed by atoms with Crippen molar-refractivity contribution < 1.29 is 22.7 Å². The largest absolute Gasteiger partial charge is 0.382 e. The second kappa shape index (κ2) is 9.28. The Balaban J connectivity index is 2.09. The van der Waals surface area contributed by atoms with Crippen molar-refractivity contribution in [2.75, 3.05) is 46.1 Å². The molecular formula is C17H26N2O5S. The third-order valence-electron chi connectivity index (χ3n) is 4.02. The maximum atomic E-state index is 12.7. The molecule has 0 bridgehead atoms. The van der Waals surface area contributed by atoms with Crippen LogP contribution in [-0.2, 0) is 19.5 Å². The molecule has 1 aliphatic heterocycles. The Morgan fingerprint density at radius 2 is 2.04 bits per heavy atom. The van der Waals surface area contributed by atoms with Crippen LogP contribution in [-0.4, -0.2) is 64.7 Å². The summed E-state index contributed by atoms with van der Waals surface area (Å²) in [6, 6.07) is 4.67. The first kappa shape index (κ1) is 19.8. The van der Waals surface area contributed by atoms with Crippen LogP contribution < -0.4 is 5.32 Å². The van der Waals surface area contributed by atoms with Gasteiger partial charge in [-0.05, 0) is 38.0 Å². The highest BCUT2D eigenvalue weighted by Gasteiger charge is 2.27. The van der Waals surface area contributed by atoms with E-state index in [1.165, 1.54) is 10.4 Å². The van der Waals surface area contributed by atoms with Crippen LogP contribution in [0.25, 0.3) is 0 Å². The molecular weight excluding hydrogens is 344 g/mol. The topological polar surface area (TPSA) is 84.9 Å². The molecule has 1 N–H and O–H groups in total. The minimum Gasteiger partial charge on any atom is -0.382 e. The molecule has 0 spiro atoms. The van der Waals surface area contributed by atoms with Crippen LogP contribution in [0.3, 0.4) is 0 Å².